The number of pyridine rings is 1. The number of rotatable bonds is 7. The number of fused-ring (bicyclic) bond motifs is 2. The van der Waals surface area contributed by atoms with Crippen molar-refractivity contribution in [3.8, 4) is 0 Å². The minimum absolute atomic E-state index is 0.654. The predicted octanol–water partition coefficient (Wildman–Crippen LogP) is 3.82. The molecule has 2 bridgehead atoms. The predicted molar refractivity (Wildman–Crippen MR) is 83.6 cm³/mol. The summed E-state index contributed by atoms with van der Waals surface area (Å²) < 4.78 is 0. The largest absolute Gasteiger partial charge is 0.314 e. The molecule has 0 amide bonds. The molecular weight excluding hydrogens is 244 g/mol. The molecule has 2 heteroatoms. The van der Waals surface area contributed by atoms with E-state index in [1.807, 2.05) is 12.4 Å². The molecule has 0 spiro atoms. The van der Waals surface area contributed by atoms with E-state index in [1.54, 1.807) is 0 Å². The van der Waals surface area contributed by atoms with Gasteiger partial charge in [0.2, 0.25) is 0 Å². The third-order valence-electron chi connectivity index (χ3n) is 5.39. The van der Waals surface area contributed by atoms with Crippen LogP contribution in [0.5, 0.6) is 0 Å². The van der Waals surface area contributed by atoms with Gasteiger partial charge in [-0.2, -0.15) is 0 Å². The molecule has 4 atom stereocenters. The van der Waals surface area contributed by atoms with Gasteiger partial charge in [-0.25, -0.2) is 0 Å². The fourth-order valence-electron chi connectivity index (χ4n) is 4.42. The van der Waals surface area contributed by atoms with Gasteiger partial charge in [0.05, 0.1) is 0 Å². The Labute approximate surface area is 123 Å². The summed E-state index contributed by atoms with van der Waals surface area (Å²) in [5.74, 6) is 3.10. The van der Waals surface area contributed by atoms with Crippen molar-refractivity contribution in [2.75, 3.05) is 6.54 Å². The fraction of sp³-hybridized carbons (Fsp3) is 0.722. The number of hydrogen-bond acceptors (Lipinski definition) is 2. The van der Waals surface area contributed by atoms with Gasteiger partial charge in [0.15, 0.2) is 0 Å². The van der Waals surface area contributed by atoms with Crippen molar-refractivity contribution >= 4 is 0 Å². The Kier molecular flexibility index (Phi) is 4.72. The lowest BCUT2D eigenvalue weighted by Crippen LogP contribution is -2.34. The first-order valence-corrected chi connectivity index (χ1v) is 8.47. The summed E-state index contributed by atoms with van der Waals surface area (Å²) in [5.41, 5.74) is 1.43. The van der Waals surface area contributed by atoms with Crippen molar-refractivity contribution in [1.82, 2.24) is 10.3 Å². The maximum Gasteiger partial charge on any atom is 0.0270 e. The summed E-state index contributed by atoms with van der Waals surface area (Å²) in [4.78, 5) is 4.13. The zero-order valence-electron chi connectivity index (χ0n) is 12.7. The van der Waals surface area contributed by atoms with Crippen LogP contribution in [0.4, 0.5) is 0 Å². The van der Waals surface area contributed by atoms with Gasteiger partial charge in [-0.3, -0.25) is 4.98 Å². The van der Waals surface area contributed by atoms with Gasteiger partial charge in [-0.05, 0) is 80.5 Å². The van der Waals surface area contributed by atoms with Gasteiger partial charge in [0, 0.05) is 18.4 Å². The molecule has 2 fully saturated rings. The average molecular weight is 272 g/mol. The Morgan fingerprint density at radius 1 is 1.25 bits per heavy atom. The Morgan fingerprint density at radius 3 is 2.75 bits per heavy atom. The zero-order chi connectivity index (χ0) is 13.8. The van der Waals surface area contributed by atoms with Crippen LogP contribution in [0, 0.1) is 17.8 Å². The SMILES string of the molecule is CCCNC(Cc1ccncc1)CC1CC2CCC1C2. The summed E-state index contributed by atoms with van der Waals surface area (Å²) in [7, 11) is 0. The normalized spacial score (nSPS) is 29.8. The van der Waals surface area contributed by atoms with Crippen molar-refractivity contribution in [2.24, 2.45) is 17.8 Å². The topological polar surface area (TPSA) is 24.9 Å². The van der Waals surface area contributed by atoms with E-state index in [4.69, 9.17) is 0 Å². The Balaban J connectivity index is 1.58. The molecule has 0 aliphatic heterocycles. The fourth-order valence-corrected chi connectivity index (χ4v) is 4.42. The van der Waals surface area contributed by atoms with Crippen LogP contribution in [-0.2, 0) is 6.42 Å². The second-order valence-electron chi connectivity index (χ2n) is 6.88. The summed E-state index contributed by atoms with van der Waals surface area (Å²) >= 11 is 0. The molecule has 1 heterocycles. The first-order valence-electron chi connectivity index (χ1n) is 8.47. The maximum atomic E-state index is 4.13. The van der Waals surface area contributed by atoms with E-state index >= 15 is 0 Å². The molecule has 20 heavy (non-hydrogen) atoms. The summed E-state index contributed by atoms with van der Waals surface area (Å²) in [6, 6.07) is 4.99. The van der Waals surface area contributed by atoms with Gasteiger partial charge < -0.3 is 5.32 Å². The van der Waals surface area contributed by atoms with Crippen LogP contribution in [0.3, 0.4) is 0 Å². The smallest absolute Gasteiger partial charge is 0.0270 e. The summed E-state index contributed by atoms with van der Waals surface area (Å²) in [5, 5.41) is 3.78. The lowest BCUT2D eigenvalue weighted by molar-refractivity contribution is 0.276. The van der Waals surface area contributed by atoms with E-state index in [9.17, 15) is 0 Å². The van der Waals surface area contributed by atoms with Crippen LogP contribution < -0.4 is 5.32 Å². The van der Waals surface area contributed by atoms with Crippen molar-refractivity contribution in [3.63, 3.8) is 0 Å². The monoisotopic (exact) mass is 272 g/mol. The Hall–Kier alpha value is -0.890. The molecule has 1 aromatic rings. The highest BCUT2D eigenvalue weighted by Crippen LogP contribution is 2.49. The molecule has 0 aromatic carbocycles. The van der Waals surface area contributed by atoms with E-state index in [2.05, 4.69) is 29.4 Å². The van der Waals surface area contributed by atoms with Crippen molar-refractivity contribution < 1.29 is 0 Å². The zero-order valence-corrected chi connectivity index (χ0v) is 12.7. The van der Waals surface area contributed by atoms with Crippen LogP contribution in [0.15, 0.2) is 24.5 Å². The molecule has 2 aliphatic rings. The van der Waals surface area contributed by atoms with Gasteiger partial charge in [-0.15, -0.1) is 0 Å². The molecule has 2 nitrogen and oxygen atoms in total. The van der Waals surface area contributed by atoms with Gasteiger partial charge >= 0.3 is 0 Å². The Morgan fingerprint density at radius 2 is 2.10 bits per heavy atom. The minimum atomic E-state index is 0.654. The summed E-state index contributed by atoms with van der Waals surface area (Å²) in [6.07, 6.45) is 13.7. The van der Waals surface area contributed by atoms with Gasteiger partial charge in [-0.1, -0.05) is 13.3 Å². The highest BCUT2D eigenvalue weighted by molar-refractivity contribution is 5.11. The molecule has 4 unspecified atom stereocenters. The molecule has 110 valence electrons. The molecule has 0 saturated heterocycles. The standard InChI is InChI=1S/C18H28N2/c1-2-7-20-18(12-14-5-8-19-9-6-14)13-17-11-15-3-4-16(17)10-15/h5-6,8-9,15-18,20H,2-4,7,10-13H2,1H3. The van der Waals surface area contributed by atoms with Crippen molar-refractivity contribution in [2.45, 2.75) is 57.9 Å². The Bertz CT molecular complexity index is 403. The van der Waals surface area contributed by atoms with Crippen LogP contribution in [-0.4, -0.2) is 17.6 Å². The summed E-state index contributed by atoms with van der Waals surface area (Å²) in [6.45, 7) is 3.41. The lowest BCUT2D eigenvalue weighted by atomic mass is 9.83. The second kappa shape index (κ2) is 6.71. The van der Waals surface area contributed by atoms with Crippen molar-refractivity contribution in [1.29, 1.82) is 0 Å². The number of hydrogen-bond donors (Lipinski definition) is 1. The van der Waals surface area contributed by atoms with E-state index in [-0.39, 0.29) is 0 Å². The molecule has 1 N–H and O–H groups in total. The van der Waals surface area contributed by atoms with E-state index < -0.39 is 0 Å². The van der Waals surface area contributed by atoms with Gasteiger partial charge in [0.25, 0.3) is 0 Å². The van der Waals surface area contributed by atoms with Crippen LogP contribution >= 0.6 is 0 Å². The highest BCUT2D eigenvalue weighted by atomic mass is 14.9. The van der Waals surface area contributed by atoms with Crippen LogP contribution in [0.1, 0.15) is 51.0 Å². The molecule has 2 aliphatic carbocycles. The second-order valence-corrected chi connectivity index (χ2v) is 6.88. The maximum absolute atomic E-state index is 4.13. The third-order valence-corrected chi connectivity index (χ3v) is 5.39. The highest BCUT2D eigenvalue weighted by Gasteiger charge is 2.39. The third kappa shape index (κ3) is 3.41. The van der Waals surface area contributed by atoms with Crippen LogP contribution in [0.25, 0.3) is 0 Å². The lowest BCUT2D eigenvalue weighted by Gasteiger charge is -2.27. The molecular formula is C18H28N2. The number of nitrogens with zero attached hydrogens (tertiary/aromatic N) is 1. The first kappa shape index (κ1) is 14.1. The van der Waals surface area contributed by atoms with E-state index in [1.165, 1.54) is 44.1 Å². The molecule has 2 saturated carbocycles. The first-order chi connectivity index (χ1) is 9.85. The molecule has 3 rings (SSSR count). The quantitative estimate of drug-likeness (QED) is 0.816. The molecule has 0 radical (unpaired) electrons. The minimum Gasteiger partial charge on any atom is -0.314 e. The van der Waals surface area contributed by atoms with E-state index in [0.717, 1.165) is 30.7 Å². The van der Waals surface area contributed by atoms with Gasteiger partial charge in [0.1, 0.15) is 0 Å². The average Bonchev–Trinajstić information content (AvgIpc) is 3.08. The van der Waals surface area contributed by atoms with E-state index in [0.29, 0.717) is 6.04 Å². The number of aromatic nitrogens is 1. The molecule has 1 aromatic heterocycles. The van der Waals surface area contributed by atoms with Crippen LogP contribution in [0.2, 0.25) is 0 Å². The van der Waals surface area contributed by atoms with Crippen molar-refractivity contribution in [3.05, 3.63) is 30.1 Å². The number of nitrogens with one attached hydrogen (secondary N) is 1.